The number of fused-ring (bicyclic) bond motifs is 1. The summed E-state index contributed by atoms with van der Waals surface area (Å²) < 4.78 is 14.1. The number of hydrogen-bond donors (Lipinski definition) is 2. The van der Waals surface area contributed by atoms with Gasteiger partial charge in [-0.1, -0.05) is 0 Å². The predicted octanol–water partition coefficient (Wildman–Crippen LogP) is 3.01. The first-order chi connectivity index (χ1) is 10.1. The van der Waals surface area contributed by atoms with Crippen LogP contribution in [-0.2, 0) is 6.42 Å². The van der Waals surface area contributed by atoms with Crippen molar-refractivity contribution >= 4 is 11.3 Å². The van der Waals surface area contributed by atoms with Crippen LogP contribution in [-0.4, -0.2) is 26.7 Å². The molecule has 0 saturated heterocycles. The van der Waals surface area contributed by atoms with Gasteiger partial charge in [0.2, 0.25) is 0 Å². The highest BCUT2D eigenvalue weighted by Crippen LogP contribution is 2.36. The van der Waals surface area contributed by atoms with Gasteiger partial charge in [-0.2, -0.15) is 0 Å². The van der Waals surface area contributed by atoms with Crippen molar-refractivity contribution in [2.24, 2.45) is 5.73 Å². The summed E-state index contributed by atoms with van der Waals surface area (Å²) in [4.78, 5) is 2.33. The number of alkyl halides is 1. The lowest BCUT2D eigenvalue weighted by atomic mass is 9.90. The molecule has 0 saturated carbocycles. The van der Waals surface area contributed by atoms with Crippen LogP contribution in [0.25, 0.3) is 5.57 Å². The van der Waals surface area contributed by atoms with E-state index >= 15 is 0 Å². The first kappa shape index (κ1) is 15.8. The minimum atomic E-state index is -1.00. The molecule has 0 aromatic heterocycles. The second-order valence-corrected chi connectivity index (χ2v) is 5.59. The van der Waals surface area contributed by atoms with Gasteiger partial charge in [0.1, 0.15) is 6.17 Å². The number of halogens is 1. The van der Waals surface area contributed by atoms with Crippen LogP contribution in [0.15, 0.2) is 18.3 Å². The van der Waals surface area contributed by atoms with Gasteiger partial charge in [-0.25, -0.2) is 4.39 Å². The zero-order chi connectivity index (χ0) is 15.4. The van der Waals surface area contributed by atoms with Crippen molar-refractivity contribution in [3.63, 3.8) is 0 Å². The molecule has 1 aromatic rings. The smallest absolute Gasteiger partial charge is 0.123 e. The third kappa shape index (κ3) is 3.21. The lowest BCUT2D eigenvalue weighted by Gasteiger charge is -2.32. The first-order valence-electron chi connectivity index (χ1n) is 7.73. The van der Waals surface area contributed by atoms with Crippen LogP contribution in [0, 0.1) is 0 Å². The Morgan fingerprint density at radius 1 is 1.52 bits per heavy atom. The summed E-state index contributed by atoms with van der Waals surface area (Å²) in [5.41, 5.74) is 10.9. The number of nitrogens with two attached hydrogens (primary N) is 1. The number of anilines is 1. The van der Waals surface area contributed by atoms with E-state index in [1.165, 1.54) is 11.3 Å². The molecule has 0 bridgehead atoms. The molecule has 1 atom stereocenters. The van der Waals surface area contributed by atoms with E-state index in [1.807, 2.05) is 13.1 Å². The number of aryl methyl sites for hydroxylation is 1. The average Bonchev–Trinajstić information content (AvgIpc) is 2.50. The molecule has 0 spiro atoms. The molecule has 21 heavy (non-hydrogen) atoms. The summed E-state index contributed by atoms with van der Waals surface area (Å²) >= 11 is 0. The lowest BCUT2D eigenvalue weighted by molar-refractivity contribution is 0.373. The Morgan fingerprint density at radius 3 is 2.86 bits per heavy atom. The highest BCUT2D eigenvalue weighted by molar-refractivity contribution is 5.74. The molecule has 1 aromatic carbocycles. The molecule has 116 valence electrons. The molecule has 0 amide bonds. The molecule has 3 nitrogen and oxygen atoms in total. The van der Waals surface area contributed by atoms with Crippen LogP contribution in [0.4, 0.5) is 10.1 Å². The van der Waals surface area contributed by atoms with E-state index in [9.17, 15) is 4.39 Å². The van der Waals surface area contributed by atoms with Crippen molar-refractivity contribution in [3.8, 4) is 0 Å². The zero-order valence-corrected chi connectivity index (χ0v) is 13.2. The van der Waals surface area contributed by atoms with E-state index in [0.717, 1.165) is 42.6 Å². The molecule has 1 heterocycles. The van der Waals surface area contributed by atoms with Crippen LogP contribution in [0.3, 0.4) is 0 Å². The number of benzene rings is 1. The number of likely N-dealkylation sites (N-methyl/N-ethyl adjacent to an activating group) is 1. The van der Waals surface area contributed by atoms with E-state index in [-0.39, 0.29) is 0 Å². The quantitative estimate of drug-likeness (QED) is 0.876. The molecule has 1 aliphatic rings. The fraction of sp³-hybridized carbons (Fsp3) is 0.529. The molecule has 4 heteroatoms. The maximum atomic E-state index is 14.1. The minimum absolute atomic E-state index is 0.645. The van der Waals surface area contributed by atoms with Crippen molar-refractivity contribution in [2.45, 2.75) is 32.9 Å². The standard InChI is InChI=1S/C17H26FN3/c1-4-21-7-5-6-13-8-16(14(10-19)11-20-3)15(12(2)18)9-17(13)21/h8-10,12,20H,4-7,11,19H2,1-3H3/b14-10+. The summed E-state index contributed by atoms with van der Waals surface area (Å²) in [7, 11) is 1.87. The summed E-state index contributed by atoms with van der Waals surface area (Å²) in [6.45, 7) is 6.40. The van der Waals surface area contributed by atoms with E-state index in [2.05, 4.69) is 23.2 Å². The van der Waals surface area contributed by atoms with E-state index < -0.39 is 6.17 Å². The van der Waals surface area contributed by atoms with Crippen molar-refractivity contribution < 1.29 is 4.39 Å². The van der Waals surface area contributed by atoms with Crippen molar-refractivity contribution in [3.05, 3.63) is 35.0 Å². The predicted molar refractivity (Wildman–Crippen MR) is 88.3 cm³/mol. The summed E-state index contributed by atoms with van der Waals surface area (Å²) in [6.07, 6.45) is 2.79. The molecule has 1 unspecified atom stereocenters. The molecular weight excluding hydrogens is 265 g/mol. The SMILES string of the molecule is CCN1CCCc2cc(/C(=C/N)CNC)c(C(C)F)cc21. The second-order valence-electron chi connectivity index (χ2n) is 5.59. The van der Waals surface area contributed by atoms with Crippen molar-refractivity contribution in [2.75, 3.05) is 31.6 Å². The molecule has 1 aliphatic heterocycles. The molecule has 2 rings (SSSR count). The average molecular weight is 291 g/mol. The van der Waals surface area contributed by atoms with Gasteiger partial charge >= 0.3 is 0 Å². The van der Waals surface area contributed by atoms with Gasteiger partial charge in [0.25, 0.3) is 0 Å². The Kier molecular flexibility index (Phi) is 5.23. The van der Waals surface area contributed by atoms with E-state index in [1.54, 1.807) is 13.1 Å². The number of rotatable bonds is 5. The number of hydrogen-bond acceptors (Lipinski definition) is 3. The fourth-order valence-electron chi connectivity index (χ4n) is 3.09. The maximum Gasteiger partial charge on any atom is 0.123 e. The lowest BCUT2D eigenvalue weighted by Crippen LogP contribution is -2.29. The zero-order valence-electron chi connectivity index (χ0n) is 13.2. The van der Waals surface area contributed by atoms with Crippen LogP contribution in [0.1, 0.15) is 43.1 Å². The summed E-state index contributed by atoms with van der Waals surface area (Å²) in [6, 6.07) is 4.16. The Bertz CT molecular complexity index is 523. The third-order valence-electron chi connectivity index (χ3n) is 4.19. The van der Waals surface area contributed by atoms with E-state index in [0.29, 0.717) is 6.54 Å². The molecule has 0 aliphatic carbocycles. The Balaban J connectivity index is 2.55. The number of nitrogens with zero attached hydrogens (tertiary/aromatic N) is 1. The van der Waals surface area contributed by atoms with Crippen LogP contribution < -0.4 is 16.0 Å². The highest BCUT2D eigenvalue weighted by atomic mass is 19.1. The van der Waals surface area contributed by atoms with Gasteiger partial charge in [0.15, 0.2) is 0 Å². The fourth-order valence-corrected chi connectivity index (χ4v) is 3.09. The second kappa shape index (κ2) is 6.94. The van der Waals surface area contributed by atoms with Gasteiger partial charge in [-0.05, 0) is 74.3 Å². The van der Waals surface area contributed by atoms with Gasteiger partial charge in [-0.3, -0.25) is 0 Å². The highest BCUT2D eigenvalue weighted by Gasteiger charge is 2.21. The van der Waals surface area contributed by atoms with E-state index in [4.69, 9.17) is 5.73 Å². The van der Waals surface area contributed by atoms with Crippen molar-refractivity contribution in [1.29, 1.82) is 0 Å². The van der Waals surface area contributed by atoms with Gasteiger partial charge in [-0.15, -0.1) is 0 Å². The Labute approximate surface area is 127 Å². The Hall–Kier alpha value is -1.55. The van der Waals surface area contributed by atoms with Crippen LogP contribution in [0.5, 0.6) is 0 Å². The van der Waals surface area contributed by atoms with Gasteiger partial charge in [0.05, 0.1) is 0 Å². The normalized spacial score (nSPS) is 16.8. The van der Waals surface area contributed by atoms with Gasteiger partial charge < -0.3 is 16.0 Å². The van der Waals surface area contributed by atoms with Gasteiger partial charge in [0, 0.05) is 25.3 Å². The minimum Gasteiger partial charge on any atom is -0.404 e. The molecule has 3 N–H and O–H groups in total. The van der Waals surface area contributed by atoms with Crippen LogP contribution >= 0.6 is 0 Å². The topological polar surface area (TPSA) is 41.3 Å². The monoisotopic (exact) mass is 291 g/mol. The van der Waals surface area contributed by atoms with Crippen molar-refractivity contribution in [1.82, 2.24) is 5.32 Å². The largest absolute Gasteiger partial charge is 0.404 e. The molecule has 0 radical (unpaired) electrons. The maximum absolute atomic E-state index is 14.1. The number of nitrogens with one attached hydrogen (secondary N) is 1. The summed E-state index contributed by atoms with van der Waals surface area (Å²) in [5, 5.41) is 3.10. The van der Waals surface area contributed by atoms with Crippen LogP contribution in [0.2, 0.25) is 0 Å². The Morgan fingerprint density at radius 2 is 2.29 bits per heavy atom. The molecule has 0 fully saturated rings. The first-order valence-corrected chi connectivity index (χ1v) is 7.73. The molecular formula is C17H26FN3. The summed E-state index contributed by atoms with van der Waals surface area (Å²) in [5.74, 6) is 0. The third-order valence-corrected chi connectivity index (χ3v) is 4.19.